The van der Waals surface area contributed by atoms with Crippen molar-refractivity contribution in [3.8, 4) is 5.88 Å². The first-order valence-electron chi connectivity index (χ1n) is 7.93. The topological polar surface area (TPSA) is 84.3 Å². The molecule has 1 atom stereocenters. The molecule has 1 amide bonds. The highest BCUT2D eigenvalue weighted by atomic mass is 32.1. The van der Waals surface area contributed by atoms with Crippen molar-refractivity contribution in [1.82, 2.24) is 15.3 Å². The third-order valence-corrected chi connectivity index (χ3v) is 5.10. The van der Waals surface area contributed by atoms with Gasteiger partial charge in [-0.25, -0.2) is 9.97 Å². The molecule has 0 saturated heterocycles. The smallest absolute Gasteiger partial charge is 0.226 e. The van der Waals surface area contributed by atoms with E-state index in [1.165, 1.54) is 11.3 Å². The van der Waals surface area contributed by atoms with Crippen molar-refractivity contribution in [3.63, 3.8) is 0 Å². The Labute approximate surface area is 144 Å². The van der Waals surface area contributed by atoms with E-state index < -0.39 is 0 Å². The predicted octanol–water partition coefficient (Wildman–Crippen LogP) is 2.03. The number of ether oxygens (including phenoxy) is 1. The van der Waals surface area contributed by atoms with Gasteiger partial charge >= 0.3 is 0 Å². The Bertz CT molecular complexity index is 695. The van der Waals surface area contributed by atoms with Gasteiger partial charge in [0.25, 0.3) is 0 Å². The summed E-state index contributed by atoms with van der Waals surface area (Å²) in [5, 5.41) is 15.6. The molecule has 3 rings (SSSR count). The zero-order valence-electron chi connectivity index (χ0n) is 13.7. The van der Waals surface area contributed by atoms with E-state index >= 15 is 0 Å². The summed E-state index contributed by atoms with van der Waals surface area (Å²) in [4.78, 5) is 21.0. The number of hydrogen-bond acceptors (Lipinski definition) is 6. The van der Waals surface area contributed by atoms with Crippen molar-refractivity contribution >= 4 is 17.2 Å². The first kappa shape index (κ1) is 16.9. The summed E-state index contributed by atoms with van der Waals surface area (Å²) >= 11 is 1.54. The number of carbonyl (C=O) groups is 1. The van der Waals surface area contributed by atoms with Crippen molar-refractivity contribution in [3.05, 3.63) is 40.0 Å². The molecular formula is C17H21N3O3S. The number of amides is 1. The molecule has 2 heterocycles. The van der Waals surface area contributed by atoms with Crippen LogP contribution in [0.5, 0.6) is 5.88 Å². The van der Waals surface area contributed by atoms with Crippen LogP contribution in [0.1, 0.15) is 35.1 Å². The average Bonchev–Trinajstić information content (AvgIpc) is 2.95. The zero-order valence-corrected chi connectivity index (χ0v) is 14.5. The number of hydrogen-bond donors (Lipinski definition) is 2. The van der Waals surface area contributed by atoms with Crippen LogP contribution in [0, 0.1) is 12.8 Å². The highest BCUT2D eigenvalue weighted by molar-refractivity contribution is 7.09. The lowest BCUT2D eigenvalue weighted by Gasteiger charge is -2.38. The molecular weight excluding hydrogens is 326 g/mol. The van der Waals surface area contributed by atoms with Crippen molar-refractivity contribution in [1.29, 1.82) is 0 Å². The van der Waals surface area contributed by atoms with Crippen LogP contribution in [0.15, 0.2) is 23.7 Å². The molecule has 0 spiro atoms. The first-order chi connectivity index (χ1) is 11.5. The first-order valence-corrected chi connectivity index (χ1v) is 8.81. The molecule has 2 aromatic rings. The lowest BCUT2D eigenvalue weighted by molar-refractivity contribution is -0.122. The fraction of sp³-hybridized carbons (Fsp3) is 0.471. The van der Waals surface area contributed by atoms with Gasteiger partial charge in [0.2, 0.25) is 11.8 Å². The summed E-state index contributed by atoms with van der Waals surface area (Å²) in [5.41, 5.74) is 1.71. The molecule has 0 bridgehead atoms. The second-order valence-electron chi connectivity index (χ2n) is 6.10. The Morgan fingerprint density at radius 1 is 1.50 bits per heavy atom. The van der Waals surface area contributed by atoms with Crippen molar-refractivity contribution in [2.45, 2.75) is 38.3 Å². The summed E-state index contributed by atoms with van der Waals surface area (Å²) < 4.78 is 5.08. The second-order valence-corrected chi connectivity index (χ2v) is 7.16. The molecule has 7 heteroatoms. The molecule has 1 fully saturated rings. The van der Waals surface area contributed by atoms with Gasteiger partial charge in [0.15, 0.2) is 0 Å². The number of aliphatic hydroxyl groups is 1. The minimum atomic E-state index is -0.276. The minimum Gasteiger partial charge on any atom is -0.481 e. The van der Waals surface area contributed by atoms with E-state index in [0.29, 0.717) is 18.7 Å². The van der Waals surface area contributed by atoms with Crippen LogP contribution < -0.4 is 10.1 Å². The molecule has 2 N–H and O–H groups in total. The van der Waals surface area contributed by atoms with E-state index in [2.05, 4.69) is 15.3 Å². The van der Waals surface area contributed by atoms with Crippen LogP contribution in [0.3, 0.4) is 0 Å². The van der Waals surface area contributed by atoms with E-state index in [0.717, 1.165) is 16.3 Å². The molecule has 1 aliphatic rings. The van der Waals surface area contributed by atoms with Gasteiger partial charge in [-0.3, -0.25) is 4.79 Å². The van der Waals surface area contributed by atoms with Crippen molar-refractivity contribution in [2.75, 3.05) is 7.11 Å². The number of carbonyl (C=O) groups excluding carboxylic acids is 1. The molecule has 0 aromatic carbocycles. The van der Waals surface area contributed by atoms with Gasteiger partial charge < -0.3 is 15.2 Å². The van der Waals surface area contributed by atoms with Gasteiger partial charge in [0, 0.05) is 17.6 Å². The monoisotopic (exact) mass is 347 g/mol. The molecule has 1 aliphatic carbocycles. The van der Waals surface area contributed by atoms with Gasteiger partial charge in [-0.15, -0.1) is 11.3 Å². The number of nitrogens with one attached hydrogen (secondary N) is 1. The van der Waals surface area contributed by atoms with Gasteiger partial charge in [0.05, 0.1) is 36.4 Å². The number of aliphatic hydroxyl groups excluding tert-OH is 1. The van der Waals surface area contributed by atoms with Crippen LogP contribution in [0.2, 0.25) is 0 Å². The Hall–Kier alpha value is -1.99. The van der Waals surface area contributed by atoms with E-state index in [-0.39, 0.29) is 30.4 Å². The molecule has 0 unspecified atom stereocenters. The van der Waals surface area contributed by atoms with Gasteiger partial charge in [-0.05, 0) is 31.2 Å². The molecule has 128 valence electrons. The maximum Gasteiger partial charge on any atom is 0.226 e. The summed E-state index contributed by atoms with van der Waals surface area (Å²) in [7, 11) is 1.57. The van der Waals surface area contributed by atoms with Gasteiger partial charge in [-0.2, -0.15) is 0 Å². The highest BCUT2D eigenvalue weighted by Crippen LogP contribution is 2.38. The number of aryl methyl sites for hydroxylation is 1. The average molecular weight is 347 g/mol. The summed E-state index contributed by atoms with van der Waals surface area (Å²) in [6.45, 7) is 1.92. The maximum atomic E-state index is 12.4. The van der Waals surface area contributed by atoms with Crippen LogP contribution in [0.25, 0.3) is 0 Å². The normalized spacial score (nSPS) is 21.0. The second kappa shape index (κ2) is 7.27. The molecule has 0 aliphatic heterocycles. The van der Waals surface area contributed by atoms with Crippen LogP contribution in [-0.4, -0.2) is 34.2 Å². The summed E-state index contributed by atoms with van der Waals surface area (Å²) in [5.74, 6) is 0.689. The largest absolute Gasteiger partial charge is 0.481 e. The molecule has 1 saturated carbocycles. The highest BCUT2D eigenvalue weighted by Gasteiger charge is 2.35. The summed E-state index contributed by atoms with van der Waals surface area (Å²) in [6, 6.07) is 3.54. The lowest BCUT2D eigenvalue weighted by Crippen LogP contribution is -2.42. The van der Waals surface area contributed by atoms with Gasteiger partial charge in [0.1, 0.15) is 0 Å². The molecule has 6 nitrogen and oxygen atoms in total. The van der Waals surface area contributed by atoms with E-state index in [9.17, 15) is 9.90 Å². The molecule has 24 heavy (non-hydrogen) atoms. The maximum absolute atomic E-state index is 12.4. The minimum absolute atomic E-state index is 0.0671. The van der Waals surface area contributed by atoms with Crippen molar-refractivity contribution in [2.24, 2.45) is 5.92 Å². The lowest BCUT2D eigenvalue weighted by atomic mass is 9.75. The number of thiazole rings is 1. The Kier molecular flexibility index (Phi) is 5.11. The van der Waals surface area contributed by atoms with Crippen molar-refractivity contribution < 1.29 is 14.6 Å². The standard InChI is InChI=1S/C17H21N3O3S/c1-10-19-13(9-24-10)7-15(22)20-17(12-5-14(21)6-12)11-3-4-16(23-2)18-8-11/h3-4,8-9,12,14,17,21H,5-7H2,1-2H3,(H,20,22)/t12?,14?,17-/m0/s1. The van der Waals surface area contributed by atoms with E-state index in [4.69, 9.17) is 4.74 Å². The number of methoxy groups -OCH3 is 1. The Morgan fingerprint density at radius 3 is 2.83 bits per heavy atom. The Balaban J connectivity index is 1.70. The third-order valence-electron chi connectivity index (χ3n) is 4.27. The fourth-order valence-electron chi connectivity index (χ4n) is 2.95. The number of pyridine rings is 1. The SMILES string of the molecule is COc1ccc([C@H](NC(=O)Cc2csc(C)n2)C2CC(O)C2)cn1. The zero-order chi connectivity index (χ0) is 17.1. The fourth-order valence-corrected chi connectivity index (χ4v) is 3.56. The number of aromatic nitrogens is 2. The summed E-state index contributed by atoms with van der Waals surface area (Å²) in [6.07, 6.45) is 3.09. The van der Waals surface area contributed by atoms with E-state index in [1.807, 2.05) is 18.4 Å². The van der Waals surface area contributed by atoms with E-state index in [1.54, 1.807) is 19.4 Å². The quantitative estimate of drug-likeness (QED) is 0.835. The van der Waals surface area contributed by atoms with Gasteiger partial charge in [-0.1, -0.05) is 6.07 Å². The number of nitrogens with zero attached hydrogens (tertiary/aromatic N) is 2. The van der Waals surface area contributed by atoms with Crippen LogP contribution in [-0.2, 0) is 11.2 Å². The third kappa shape index (κ3) is 3.91. The number of rotatable bonds is 6. The molecule has 2 aromatic heterocycles. The van der Waals surface area contributed by atoms with Crippen LogP contribution in [0.4, 0.5) is 0 Å². The van der Waals surface area contributed by atoms with Crippen LogP contribution >= 0.6 is 11.3 Å². The molecule has 0 radical (unpaired) electrons. The predicted molar refractivity (Wildman–Crippen MR) is 91.0 cm³/mol. The Morgan fingerprint density at radius 2 is 2.29 bits per heavy atom.